The molecule has 0 radical (unpaired) electrons. The second-order valence-electron chi connectivity index (χ2n) is 1.51. The molecule has 0 aromatic carbocycles. The van der Waals surface area contributed by atoms with Gasteiger partial charge in [-0.1, -0.05) is 6.58 Å². The van der Waals surface area contributed by atoms with Crippen molar-refractivity contribution >= 4 is 6.29 Å². The van der Waals surface area contributed by atoms with Crippen LogP contribution in [0.2, 0.25) is 0 Å². The highest BCUT2D eigenvalue weighted by molar-refractivity contribution is 5.49. The molecule has 0 spiro atoms. The summed E-state index contributed by atoms with van der Waals surface area (Å²) in [5, 5.41) is 0. The number of rotatable bonds is 4. The maximum absolute atomic E-state index is 9.68. The Morgan fingerprint density at radius 3 is 2.88 bits per heavy atom. The van der Waals surface area contributed by atoms with Gasteiger partial charge in [-0.3, -0.25) is 0 Å². The first-order valence-electron chi connectivity index (χ1n) is 2.49. The fraction of sp³-hybridized carbons (Fsp3) is 0.500. The number of allylic oxidation sites excluding steroid dienone is 1. The van der Waals surface area contributed by atoms with Crippen molar-refractivity contribution in [2.45, 2.75) is 13.3 Å². The fourth-order valence-corrected chi connectivity index (χ4v) is 0.281. The lowest BCUT2D eigenvalue weighted by atomic mass is 10.5. The minimum atomic E-state index is 0.451. The zero-order valence-electron chi connectivity index (χ0n) is 5.02. The molecule has 0 bridgehead atoms. The highest BCUT2D eigenvalue weighted by Crippen LogP contribution is 1.89. The van der Waals surface area contributed by atoms with Gasteiger partial charge < -0.3 is 9.53 Å². The molecule has 0 unspecified atom stereocenters. The Morgan fingerprint density at radius 1 is 1.88 bits per heavy atom. The lowest BCUT2D eigenvalue weighted by molar-refractivity contribution is -0.108. The molecule has 0 aromatic rings. The van der Waals surface area contributed by atoms with E-state index in [0.717, 1.165) is 6.29 Å². The number of hydrogen-bond donors (Lipinski definition) is 0. The Labute approximate surface area is 49.1 Å². The van der Waals surface area contributed by atoms with Crippen LogP contribution in [0.25, 0.3) is 0 Å². The van der Waals surface area contributed by atoms with Crippen LogP contribution >= 0.6 is 0 Å². The van der Waals surface area contributed by atoms with Crippen molar-refractivity contribution in [1.29, 1.82) is 0 Å². The van der Waals surface area contributed by atoms with E-state index in [1.165, 1.54) is 0 Å². The Balaban J connectivity index is 2.93. The smallest absolute Gasteiger partial charge is 0.123 e. The topological polar surface area (TPSA) is 26.3 Å². The standard InChI is InChI=1S/C6H10O2/c1-6(2)8-5-3-4-7/h4H,1,3,5H2,2H3. The van der Waals surface area contributed by atoms with Crippen LogP contribution in [0, 0.1) is 0 Å². The fourth-order valence-electron chi connectivity index (χ4n) is 0.281. The van der Waals surface area contributed by atoms with Crippen molar-refractivity contribution in [3.05, 3.63) is 12.3 Å². The number of carbonyl (C=O) groups is 1. The van der Waals surface area contributed by atoms with Gasteiger partial charge >= 0.3 is 0 Å². The first-order chi connectivity index (χ1) is 3.77. The maximum Gasteiger partial charge on any atom is 0.123 e. The van der Waals surface area contributed by atoms with Gasteiger partial charge in [0.15, 0.2) is 0 Å². The van der Waals surface area contributed by atoms with Gasteiger partial charge in [0.05, 0.1) is 12.4 Å². The maximum atomic E-state index is 9.68. The summed E-state index contributed by atoms with van der Waals surface area (Å²) in [4.78, 5) is 9.68. The van der Waals surface area contributed by atoms with E-state index in [9.17, 15) is 4.79 Å². The molecule has 2 nitrogen and oxygen atoms in total. The average molecular weight is 114 g/mol. The van der Waals surface area contributed by atoms with Crippen LogP contribution in [0.5, 0.6) is 0 Å². The van der Waals surface area contributed by atoms with Gasteiger partial charge in [-0.05, 0) is 6.92 Å². The summed E-state index contributed by atoms with van der Waals surface area (Å²) < 4.78 is 4.86. The molecule has 0 rings (SSSR count). The molecule has 0 aliphatic carbocycles. The lowest BCUT2D eigenvalue weighted by Crippen LogP contribution is -1.90. The SMILES string of the molecule is C=C(C)OCCC=O. The first kappa shape index (κ1) is 7.21. The van der Waals surface area contributed by atoms with Crippen LogP contribution in [0.4, 0.5) is 0 Å². The summed E-state index contributed by atoms with van der Waals surface area (Å²) in [7, 11) is 0. The average Bonchev–Trinajstić information content (AvgIpc) is 1.66. The Kier molecular flexibility index (Phi) is 3.94. The predicted octanol–water partition coefficient (Wildman–Crippen LogP) is 1.13. The molecule has 0 saturated carbocycles. The molecule has 0 N–H and O–H groups in total. The Morgan fingerprint density at radius 2 is 2.50 bits per heavy atom. The molecule has 0 aliphatic heterocycles. The third kappa shape index (κ3) is 5.21. The summed E-state index contributed by atoms with van der Waals surface area (Å²) in [6.07, 6.45) is 1.27. The lowest BCUT2D eigenvalue weighted by Gasteiger charge is -1.98. The normalized spacial score (nSPS) is 8.12. The molecule has 46 valence electrons. The number of aldehydes is 1. The zero-order chi connectivity index (χ0) is 6.41. The van der Waals surface area contributed by atoms with Gasteiger partial charge in [-0.2, -0.15) is 0 Å². The molecule has 0 saturated heterocycles. The van der Waals surface area contributed by atoms with Crippen molar-refractivity contribution in [2.75, 3.05) is 6.61 Å². The molecule has 0 atom stereocenters. The monoisotopic (exact) mass is 114 g/mol. The molecular formula is C6H10O2. The van der Waals surface area contributed by atoms with Crippen molar-refractivity contribution in [2.24, 2.45) is 0 Å². The van der Waals surface area contributed by atoms with E-state index in [2.05, 4.69) is 6.58 Å². The largest absolute Gasteiger partial charge is 0.498 e. The number of hydrogen-bond acceptors (Lipinski definition) is 2. The first-order valence-corrected chi connectivity index (χ1v) is 2.49. The third-order valence-electron chi connectivity index (χ3n) is 0.584. The van der Waals surface area contributed by atoms with Gasteiger partial charge in [-0.15, -0.1) is 0 Å². The second kappa shape index (κ2) is 4.37. The van der Waals surface area contributed by atoms with Crippen LogP contribution in [0.1, 0.15) is 13.3 Å². The number of ether oxygens (including phenoxy) is 1. The highest BCUT2D eigenvalue weighted by Gasteiger charge is 1.82. The number of carbonyl (C=O) groups excluding carboxylic acids is 1. The van der Waals surface area contributed by atoms with Crippen LogP contribution < -0.4 is 0 Å². The molecular weight excluding hydrogens is 104 g/mol. The molecule has 0 fully saturated rings. The van der Waals surface area contributed by atoms with E-state index in [1.54, 1.807) is 6.92 Å². The predicted molar refractivity (Wildman–Crippen MR) is 31.4 cm³/mol. The van der Waals surface area contributed by atoms with Crippen LogP contribution in [-0.4, -0.2) is 12.9 Å². The second-order valence-corrected chi connectivity index (χ2v) is 1.51. The van der Waals surface area contributed by atoms with E-state index < -0.39 is 0 Å². The van der Waals surface area contributed by atoms with Crippen molar-refractivity contribution < 1.29 is 9.53 Å². The molecule has 0 heterocycles. The van der Waals surface area contributed by atoms with E-state index in [-0.39, 0.29) is 0 Å². The summed E-state index contributed by atoms with van der Waals surface area (Å²) in [5.74, 6) is 0.659. The van der Waals surface area contributed by atoms with Gasteiger partial charge in [-0.25, -0.2) is 0 Å². The van der Waals surface area contributed by atoms with Gasteiger partial charge in [0, 0.05) is 6.42 Å². The molecule has 0 aliphatic rings. The molecule has 8 heavy (non-hydrogen) atoms. The van der Waals surface area contributed by atoms with Crippen molar-refractivity contribution in [3.8, 4) is 0 Å². The van der Waals surface area contributed by atoms with E-state index >= 15 is 0 Å². The Bertz CT molecular complexity index is 86.5. The van der Waals surface area contributed by atoms with Crippen LogP contribution in [0.3, 0.4) is 0 Å². The van der Waals surface area contributed by atoms with Gasteiger partial charge in [0.2, 0.25) is 0 Å². The third-order valence-corrected chi connectivity index (χ3v) is 0.584. The molecule has 2 heteroatoms. The van der Waals surface area contributed by atoms with Crippen LogP contribution in [0.15, 0.2) is 12.3 Å². The summed E-state index contributed by atoms with van der Waals surface area (Å²) in [6.45, 7) is 5.70. The molecule has 0 aromatic heterocycles. The Hall–Kier alpha value is -0.790. The van der Waals surface area contributed by atoms with Gasteiger partial charge in [0.1, 0.15) is 6.29 Å². The van der Waals surface area contributed by atoms with E-state index in [4.69, 9.17) is 4.74 Å². The zero-order valence-corrected chi connectivity index (χ0v) is 5.02. The summed E-state index contributed by atoms with van der Waals surface area (Å²) in [5.41, 5.74) is 0. The minimum Gasteiger partial charge on any atom is -0.498 e. The quantitative estimate of drug-likeness (QED) is 0.311. The minimum absolute atomic E-state index is 0.451. The van der Waals surface area contributed by atoms with Crippen molar-refractivity contribution in [1.82, 2.24) is 0 Å². The van der Waals surface area contributed by atoms with Crippen LogP contribution in [-0.2, 0) is 9.53 Å². The molecule has 0 amide bonds. The van der Waals surface area contributed by atoms with Gasteiger partial charge in [0.25, 0.3) is 0 Å². The summed E-state index contributed by atoms with van der Waals surface area (Å²) >= 11 is 0. The highest BCUT2D eigenvalue weighted by atomic mass is 16.5. The summed E-state index contributed by atoms with van der Waals surface area (Å²) in [6, 6.07) is 0. The van der Waals surface area contributed by atoms with E-state index in [1.807, 2.05) is 0 Å². The van der Waals surface area contributed by atoms with E-state index in [0.29, 0.717) is 18.8 Å². The van der Waals surface area contributed by atoms with Crippen molar-refractivity contribution in [3.63, 3.8) is 0 Å².